The maximum Gasteiger partial charge on any atom is 0.120 e. The predicted molar refractivity (Wildman–Crippen MR) is 233 cm³/mol. The molecular weight excluding hydrogens is 875 g/mol. The Morgan fingerprint density at radius 1 is 0.649 bits per heavy atom. The molecule has 1 radical (unpaired) electrons. The van der Waals surface area contributed by atoms with E-state index in [-0.39, 0.29) is 25.5 Å². The van der Waals surface area contributed by atoms with Gasteiger partial charge in [-0.05, 0) is 81.1 Å². The summed E-state index contributed by atoms with van der Waals surface area (Å²) in [6, 6.07) is 54.9. The molecule has 6 aromatic carbocycles. The Bertz CT molecular complexity index is 2740. The number of hydrogen-bond donors (Lipinski definition) is 0. The zero-order chi connectivity index (χ0) is 39.0. The van der Waals surface area contributed by atoms with Crippen LogP contribution in [0.3, 0.4) is 0 Å². The van der Waals surface area contributed by atoms with Crippen molar-refractivity contribution in [3.05, 3.63) is 175 Å². The summed E-state index contributed by atoms with van der Waals surface area (Å²) in [6.45, 7) is 15.7. The van der Waals surface area contributed by atoms with Crippen LogP contribution in [0.5, 0.6) is 0 Å². The third-order valence-corrected chi connectivity index (χ3v) is 10.5. The maximum atomic E-state index is 6.47. The number of pyridine rings is 1. The molecule has 57 heavy (non-hydrogen) atoms. The number of imidazole rings is 1. The fourth-order valence-corrected chi connectivity index (χ4v) is 7.44. The first kappa shape index (κ1) is 39.6. The van der Waals surface area contributed by atoms with Crippen molar-refractivity contribution in [1.82, 2.24) is 14.5 Å². The van der Waals surface area contributed by atoms with Crippen LogP contribution in [0.25, 0.3) is 72.4 Å². The van der Waals surface area contributed by atoms with E-state index in [0.717, 1.165) is 55.6 Å². The summed E-state index contributed by atoms with van der Waals surface area (Å²) in [5.74, 6) is 1.45. The predicted octanol–water partition coefficient (Wildman–Crippen LogP) is 14.1. The van der Waals surface area contributed by atoms with Crippen LogP contribution < -0.4 is 0 Å². The molecule has 0 aliphatic rings. The molecule has 3 aromatic heterocycles. The molecule has 0 amide bonds. The van der Waals surface area contributed by atoms with E-state index in [1.807, 2.05) is 48.7 Å². The average Bonchev–Trinajstić information content (AvgIpc) is 3.80. The summed E-state index contributed by atoms with van der Waals surface area (Å²) in [7, 11) is 0. The van der Waals surface area contributed by atoms with Crippen LogP contribution in [0, 0.1) is 12.1 Å². The Hall–Kier alpha value is -5.61. The number of para-hydroxylation sites is 3. The summed E-state index contributed by atoms with van der Waals surface area (Å²) >= 11 is 0. The van der Waals surface area contributed by atoms with Crippen LogP contribution in [0.15, 0.2) is 150 Å². The van der Waals surface area contributed by atoms with Crippen molar-refractivity contribution in [3.63, 3.8) is 0 Å². The molecule has 0 aliphatic carbocycles. The smallest absolute Gasteiger partial charge is 0.120 e. The fourth-order valence-electron chi connectivity index (χ4n) is 7.44. The van der Waals surface area contributed by atoms with Gasteiger partial charge in [0.05, 0.1) is 22.4 Å². The SMILES string of the molecule is CC(C)(C)c1ccc(-c2[c-]cccc2)nc1.CC(C)c1cc(-c2ccccc2)cc(C(C)C)c1-n1c(-c2[c-]ccc3c2oc2ccccc23)nc2ccccc21.[Ir]. The summed E-state index contributed by atoms with van der Waals surface area (Å²) in [5.41, 5.74) is 14.3. The molecule has 287 valence electrons. The van der Waals surface area contributed by atoms with Crippen LogP contribution >= 0.6 is 0 Å². The van der Waals surface area contributed by atoms with Gasteiger partial charge in [0.25, 0.3) is 0 Å². The van der Waals surface area contributed by atoms with Gasteiger partial charge in [-0.2, -0.15) is 0 Å². The zero-order valence-electron chi connectivity index (χ0n) is 33.6. The molecule has 0 unspecified atom stereocenters. The molecule has 0 bridgehead atoms. The molecule has 0 N–H and O–H groups in total. The third kappa shape index (κ3) is 7.88. The van der Waals surface area contributed by atoms with Gasteiger partial charge in [-0.3, -0.25) is 4.98 Å². The minimum absolute atomic E-state index is 0. The molecule has 9 rings (SSSR count). The van der Waals surface area contributed by atoms with Crippen LogP contribution in [-0.2, 0) is 25.5 Å². The fraction of sp³-hybridized carbons (Fsp3) is 0.192. The number of aromatic nitrogens is 3. The topological polar surface area (TPSA) is 43.9 Å². The second kappa shape index (κ2) is 16.5. The van der Waals surface area contributed by atoms with E-state index < -0.39 is 0 Å². The van der Waals surface area contributed by atoms with Crippen molar-refractivity contribution < 1.29 is 24.5 Å². The molecule has 3 heterocycles. The molecule has 0 aliphatic heterocycles. The van der Waals surface area contributed by atoms with Crippen molar-refractivity contribution in [2.75, 3.05) is 0 Å². The molecule has 0 saturated heterocycles. The van der Waals surface area contributed by atoms with Gasteiger partial charge in [0.1, 0.15) is 5.58 Å². The molecule has 0 fully saturated rings. The number of benzene rings is 6. The van der Waals surface area contributed by atoms with E-state index in [1.165, 1.54) is 33.5 Å². The van der Waals surface area contributed by atoms with Crippen LogP contribution in [0.4, 0.5) is 0 Å². The molecule has 4 nitrogen and oxygen atoms in total. The van der Waals surface area contributed by atoms with Gasteiger partial charge in [0.15, 0.2) is 0 Å². The Morgan fingerprint density at radius 2 is 1.33 bits per heavy atom. The van der Waals surface area contributed by atoms with Gasteiger partial charge in [0.2, 0.25) is 0 Å². The van der Waals surface area contributed by atoms with E-state index >= 15 is 0 Å². The van der Waals surface area contributed by atoms with E-state index in [9.17, 15) is 0 Å². The number of furan rings is 1. The summed E-state index contributed by atoms with van der Waals surface area (Å²) < 4.78 is 8.83. The summed E-state index contributed by atoms with van der Waals surface area (Å²) in [4.78, 5) is 9.72. The van der Waals surface area contributed by atoms with E-state index in [4.69, 9.17) is 9.40 Å². The number of nitrogens with zero attached hydrogens (tertiary/aromatic N) is 3. The van der Waals surface area contributed by atoms with Gasteiger partial charge in [-0.1, -0.05) is 132 Å². The van der Waals surface area contributed by atoms with Gasteiger partial charge in [0, 0.05) is 37.4 Å². The molecule has 0 spiro atoms. The normalized spacial score (nSPS) is 11.6. The van der Waals surface area contributed by atoms with Crippen molar-refractivity contribution in [2.24, 2.45) is 0 Å². The third-order valence-electron chi connectivity index (χ3n) is 10.5. The monoisotopic (exact) mass is 922 g/mol. The van der Waals surface area contributed by atoms with Crippen LogP contribution in [-0.4, -0.2) is 14.5 Å². The second-order valence-corrected chi connectivity index (χ2v) is 16.1. The maximum absolute atomic E-state index is 6.47. The van der Waals surface area contributed by atoms with Crippen LogP contribution in [0.2, 0.25) is 0 Å². The number of hydrogen-bond acceptors (Lipinski definition) is 3. The molecule has 5 heteroatoms. The minimum Gasteiger partial charge on any atom is -0.501 e. The molecule has 0 saturated carbocycles. The molecular formula is C52H47IrN3O-2. The quantitative estimate of drug-likeness (QED) is 0.156. The van der Waals surface area contributed by atoms with Gasteiger partial charge in [-0.15, -0.1) is 54.1 Å². The second-order valence-electron chi connectivity index (χ2n) is 16.1. The van der Waals surface area contributed by atoms with E-state index in [2.05, 4.69) is 167 Å². The zero-order valence-corrected chi connectivity index (χ0v) is 36.0. The van der Waals surface area contributed by atoms with Gasteiger partial charge >= 0.3 is 0 Å². The Balaban J connectivity index is 0.000000246. The number of rotatable bonds is 6. The van der Waals surface area contributed by atoms with Crippen LogP contribution in [0.1, 0.15) is 77.0 Å². The summed E-state index contributed by atoms with van der Waals surface area (Å²) in [5, 5.41) is 2.18. The molecule has 9 aromatic rings. The van der Waals surface area contributed by atoms with Crippen molar-refractivity contribution in [3.8, 4) is 39.5 Å². The minimum atomic E-state index is 0. The van der Waals surface area contributed by atoms with E-state index in [1.54, 1.807) is 0 Å². The van der Waals surface area contributed by atoms with E-state index in [0.29, 0.717) is 11.8 Å². The summed E-state index contributed by atoms with van der Waals surface area (Å²) in [6.07, 6.45) is 1.95. The van der Waals surface area contributed by atoms with Gasteiger partial charge in [-0.25, -0.2) is 0 Å². The average molecular weight is 922 g/mol. The number of fused-ring (bicyclic) bond motifs is 4. The molecule has 0 atom stereocenters. The van der Waals surface area contributed by atoms with Crippen molar-refractivity contribution >= 4 is 33.0 Å². The Kier molecular flexibility index (Phi) is 11.4. The standard InChI is InChI=1S/C37H31N2O.C15H16N.Ir/c1-23(2)30-21-26(25-13-6-5-7-14-25)22-31(24(3)4)35(30)39-33-19-10-9-18-32(33)38-37(39)29-17-12-16-28-27-15-8-11-20-34(27)40-36(28)29;1-15(2,3)13-9-10-14(16-11-13)12-7-5-4-6-8-12;/h5-16,18-24H,1-4H3;4-7,9-11H,1-3H3;/q2*-1;. The Labute approximate surface area is 350 Å². The Morgan fingerprint density at radius 3 is 2.00 bits per heavy atom. The largest absolute Gasteiger partial charge is 0.501 e. The first-order valence-corrected chi connectivity index (χ1v) is 19.6. The van der Waals surface area contributed by atoms with Crippen molar-refractivity contribution in [1.29, 1.82) is 0 Å². The van der Waals surface area contributed by atoms with Gasteiger partial charge < -0.3 is 14.0 Å². The first-order valence-electron chi connectivity index (χ1n) is 19.6. The first-order chi connectivity index (χ1) is 27.1. The van der Waals surface area contributed by atoms with Crippen molar-refractivity contribution in [2.45, 2.75) is 65.7 Å².